The number of methoxy groups -OCH3 is 1. The van der Waals surface area contributed by atoms with Crippen molar-refractivity contribution in [3.8, 4) is 11.8 Å². The maximum absolute atomic E-state index is 12.2. The quantitative estimate of drug-likeness (QED) is 0.445. The van der Waals surface area contributed by atoms with E-state index in [0.29, 0.717) is 11.3 Å². The molecule has 1 aromatic carbocycles. The Bertz CT molecular complexity index is 698. The van der Waals surface area contributed by atoms with Crippen molar-refractivity contribution in [2.45, 2.75) is 38.1 Å². The van der Waals surface area contributed by atoms with E-state index in [0.717, 1.165) is 25.7 Å². The van der Waals surface area contributed by atoms with Crippen molar-refractivity contribution in [2.75, 3.05) is 20.8 Å². The molecule has 0 unspecified atom stereocenters. The second-order valence-corrected chi connectivity index (χ2v) is 6.32. The standard InChI is InChI=1S/C20H24N2O4/c1-22(17-6-4-3-5-7-17)19(23)14-26-20(24)16(13-21)12-15-8-10-18(25-2)11-9-15/h8-12,17H,3-7,14H2,1-2H3. The first-order valence-corrected chi connectivity index (χ1v) is 8.73. The van der Waals surface area contributed by atoms with Crippen LogP contribution < -0.4 is 4.74 Å². The Kier molecular flexibility index (Phi) is 7.22. The predicted octanol–water partition coefficient (Wildman–Crippen LogP) is 2.94. The Balaban J connectivity index is 1.92. The molecule has 1 fully saturated rings. The molecule has 0 bridgehead atoms. The summed E-state index contributed by atoms with van der Waals surface area (Å²) >= 11 is 0. The van der Waals surface area contributed by atoms with E-state index in [1.54, 1.807) is 43.3 Å². The highest BCUT2D eigenvalue weighted by Gasteiger charge is 2.23. The molecule has 1 aliphatic rings. The summed E-state index contributed by atoms with van der Waals surface area (Å²) < 4.78 is 10.1. The molecule has 0 N–H and O–H groups in total. The Hall–Kier alpha value is -2.81. The molecular formula is C20H24N2O4. The zero-order valence-electron chi connectivity index (χ0n) is 15.2. The molecule has 1 saturated carbocycles. The average Bonchev–Trinajstić information content (AvgIpc) is 2.70. The number of rotatable bonds is 6. The van der Waals surface area contributed by atoms with E-state index in [2.05, 4.69) is 0 Å². The van der Waals surface area contributed by atoms with Crippen LogP contribution in [0.25, 0.3) is 6.08 Å². The third-order valence-corrected chi connectivity index (χ3v) is 4.61. The first kappa shape index (κ1) is 19.5. The lowest BCUT2D eigenvalue weighted by Gasteiger charge is -2.31. The van der Waals surface area contributed by atoms with Crippen LogP contribution >= 0.6 is 0 Å². The molecule has 1 amide bonds. The zero-order chi connectivity index (χ0) is 18.9. The number of likely N-dealkylation sites (N-methyl/N-ethyl adjacent to an activating group) is 1. The number of esters is 1. The molecule has 0 spiro atoms. The number of benzene rings is 1. The Labute approximate surface area is 154 Å². The highest BCUT2D eigenvalue weighted by Crippen LogP contribution is 2.21. The van der Waals surface area contributed by atoms with Gasteiger partial charge < -0.3 is 14.4 Å². The van der Waals surface area contributed by atoms with Crippen LogP contribution in [0.5, 0.6) is 5.75 Å². The van der Waals surface area contributed by atoms with E-state index in [-0.39, 0.29) is 24.1 Å². The Morgan fingerprint density at radius 2 is 1.88 bits per heavy atom. The largest absolute Gasteiger partial charge is 0.497 e. The molecule has 0 saturated heterocycles. The van der Waals surface area contributed by atoms with Crippen LogP contribution in [0, 0.1) is 11.3 Å². The molecule has 0 heterocycles. The summed E-state index contributed by atoms with van der Waals surface area (Å²) in [5.41, 5.74) is 0.522. The lowest BCUT2D eigenvalue weighted by Crippen LogP contribution is -2.40. The molecule has 0 aromatic heterocycles. The minimum atomic E-state index is -0.797. The summed E-state index contributed by atoms with van der Waals surface area (Å²) in [7, 11) is 3.30. The van der Waals surface area contributed by atoms with Crippen LogP contribution in [0.15, 0.2) is 29.8 Å². The van der Waals surface area contributed by atoms with Crippen molar-refractivity contribution >= 4 is 18.0 Å². The van der Waals surface area contributed by atoms with E-state index in [9.17, 15) is 14.9 Å². The number of nitriles is 1. The molecule has 2 rings (SSSR count). The number of carbonyl (C=O) groups excluding carboxylic acids is 2. The van der Waals surface area contributed by atoms with Gasteiger partial charge in [0.25, 0.3) is 5.91 Å². The van der Waals surface area contributed by atoms with Gasteiger partial charge in [0.2, 0.25) is 0 Å². The number of hydrogen-bond acceptors (Lipinski definition) is 5. The molecule has 26 heavy (non-hydrogen) atoms. The fraction of sp³-hybridized carbons (Fsp3) is 0.450. The Morgan fingerprint density at radius 1 is 1.23 bits per heavy atom. The van der Waals surface area contributed by atoms with Crippen molar-refractivity contribution in [1.29, 1.82) is 5.26 Å². The molecule has 1 aliphatic carbocycles. The number of amides is 1. The number of ether oxygens (including phenoxy) is 2. The topological polar surface area (TPSA) is 79.6 Å². The average molecular weight is 356 g/mol. The summed E-state index contributed by atoms with van der Waals surface area (Å²) in [6.45, 7) is -0.354. The van der Waals surface area contributed by atoms with Crippen LogP contribution in [0.3, 0.4) is 0 Å². The lowest BCUT2D eigenvalue weighted by atomic mass is 9.94. The van der Waals surface area contributed by atoms with Gasteiger partial charge in [0.05, 0.1) is 7.11 Å². The van der Waals surface area contributed by atoms with Gasteiger partial charge in [0.1, 0.15) is 17.4 Å². The van der Waals surface area contributed by atoms with Gasteiger partial charge in [-0.1, -0.05) is 31.4 Å². The summed E-state index contributed by atoms with van der Waals surface area (Å²) in [5, 5.41) is 9.20. The smallest absolute Gasteiger partial charge is 0.349 e. The van der Waals surface area contributed by atoms with Crippen LogP contribution in [0.1, 0.15) is 37.7 Å². The highest BCUT2D eigenvalue weighted by molar-refractivity contribution is 5.98. The monoisotopic (exact) mass is 356 g/mol. The van der Waals surface area contributed by atoms with Crippen molar-refractivity contribution in [2.24, 2.45) is 0 Å². The van der Waals surface area contributed by atoms with Crippen LogP contribution in [0.4, 0.5) is 0 Å². The summed E-state index contributed by atoms with van der Waals surface area (Å²) in [6, 6.07) is 8.95. The van der Waals surface area contributed by atoms with E-state index < -0.39 is 5.97 Å². The van der Waals surface area contributed by atoms with Gasteiger partial charge in [-0.25, -0.2) is 4.79 Å². The number of carbonyl (C=O) groups is 2. The lowest BCUT2D eigenvalue weighted by molar-refractivity contribution is -0.149. The van der Waals surface area contributed by atoms with Gasteiger partial charge >= 0.3 is 5.97 Å². The zero-order valence-corrected chi connectivity index (χ0v) is 15.2. The van der Waals surface area contributed by atoms with E-state index in [1.807, 2.05) is 6.07 Å². The van der Waals surface area contributed by atoms with Gasteiger partial charge in [0, 0.05) is 13.1 Å². The molecule has 6 heteroatoms. The van der Waals surface area contributed by atoms with Gasteiger partial charge in [-0.2, -0.15) is 5.26 Å². The van der Waals surface area contributed by atoms with Crippen LogP contribution in [-0.2, 0) is 14.3 Å². The number of nitrogens with zero attached hydrogens (tertiary/aromatic N) is 2. The molecule has 0 aliphatic heterocycles. The molecule has 1 aromatic rings. The molecule has 0 radical (unpaired) electrons. The fourth-order valence-electron chi connectivity index (χ4n) is 2.98. The molecule has 138 valence electrons. The van der Waals surface area contributed by atoms with E-state index in [4.69, 9.17) is 9.47 Å². The minimum Gasteiger partial charge on any atom is -0.497 e. The second kappa shape index (κ2) is 9.62. The van der Waals surface area contributed by atoms with Gasteiger partial charge in [-0.3, -0.25) is 4.79 Å². The van der Waals surface area contributed by atoms with Crippen molar-refractivity contribution in [3.63, 3.8) is 0 Å². The van der Waals surface area contributed by atoms with Gasteiger partial charge in [-0.05, 0) is 36.6 Å². The predicted molar refractivity (Wildman–Crippen MR) is 97.2 cm³/mol. The van der Waals surface area contributed by atoms with Crippen LogP contribution in [-0.4, -0.2) is 43.6 Å². The third-order valence-electron chi connectivity index (χ3n) is 4.61. The van der Waals surface area contributed by atoms with E-state index >= 15 is 0 Å². The van der Waals surface area contributed by atoms with Crippen molar-refractivity contribution in [1.82, 2.24) is 4.90 Å². The highest BCUT2D eigenvalue weighted by atomic mass is 16.5. The SMILES string of the molecule is COc1ccc(C=C(C#N)C(=O)OCC(=O)N(C)C2CCCCC2)cc1. The third kappa shape index (κ3) is 5.35. The van der Waals surface area contributed by atoms with E-state index in [1.165, 1.54) is 12.5 Å². The van der Waals surface area contributed by atoms with Crippen molar-refractivity contribution in [3.05, 3.63) is 35.4 Å². The minimum absolute atomic E-state index is 0.150. The summed E-state index contributed by atoms with van der Waals surface area (Å²) in [4.78, 5) is 26.0. The first-order chi connectivity index (χ1) is 12.5. The van der Waals surface area contributed by atoms with Crippen LogP contribution in [0.2, 0.25) is 0 Å². The maximum Gasteiger partial charge on any atom is 0.349 e. The Morgan fingerprint density at radius 3 is 2.46 bits per heavy atom. The maximum atomic E-state index is 12.2. The second-order valence-electron chi connectivity index (χ2n) is 6.32. The summed E-state index contributed by atoms with van der Waals surface area (Å²) in [5.74, 6) is -0.361. The number of hydrogen-bond donors (Lipinski definition) is 0. The first-order valence-electron chi connectivity index (χ1n) is 8.73. The fourth-order valence-corrected chi connectivity index (χ4v) is 2.98. The van der Waals surface area contributed by atoms with Gasteiger partial charge in [0.15, 0.2) is 6.61 Å². The normalized spacial score (nSPS) is 15.0. The molecule has 6 nitrogen and oxygen atoms in total. The van der Waals surface area contributed by atoms with Gasteiger partial charge in [-0.15, -0.1) is 0 Å². The van der Waals surface area contributed by atoms with Crippen molar-refractivity contribution < 1.29 is 19.1 Å². The molecular weight excluding hydrogens is 332 g/mol. The summed E-state index contributed by atoms with van der Waals surface area (Å²) in [6.07, 6.45) is 6.83. The molecule has 0 atom stereocenters.